The minimum absolute atomic E-state index is 1.23. The molecular formula is C11H14N2. The highest BCUT2D eigenvalue weighted by molar-refractivity contribution is 5.61. The molecule has 0 amide bonds. The van der Waals surface area contributed by atoms with Crippen molar-refractivity contribution in [1.82, 2.24) is 4.98 Å². The van der Waals surface area contributed by atoms with Gasteiger partial charge in [0.2, 0.25) is 0 Å². The molecule has 2 aliphatic heterocycles. The van der Waals surface area contributed by atoms with Gasteiger partial charge in [0.05, 0.1) is 0 Å². The molecule has 0 saturated carbocycles. The largest absolute Gasteiger partial charge is 0.371 e. The van der Waals surface area contributed by atoms with Gasteiger partial charge in [0.15, 0.2) is 0 Å². The molecule has 0 fully saturated rings. The quantitative estimate of drug-likeness (QED) is 0.596. The molecule has 0 aliphatic carbocycles. The summed E-state index contributed by atoms with van der Waals surface area (Å²) in [5, 5.41) is 0. The summed E-state index contributed by atoms with van der Waals surface area (Å²) >= 11 is 0. The molecular weight excluding hydrogens is 160 g/mol. The number of nitrogens with zero attached hydrogens (tertiary/aromatic N) is 2. The first-order valence-corrected chi connectivity index (χ1v) is 5.16. The van der Waals surface area contributed by atoms with Gasteiger partial charge in [0.1, 0.15) is 0 Å². The topological polar surface area (TPSA) is 16.1 Å². The van der Waals surface area contributed by atoms with Gasteiger partial charge in [-0.2, -0.15) is 0 Å². The van der Waals surface area contributed by atoms with Crippen LogP contribution in [-0.4, -0.2) is 18.1 Å². The molecule has 1 aromatic heterocycles. The summed E-state index contributed by atoms with van der Waals surface area (Å²) in [6, 6.07) is 0. The summed E-state index contributed by atoms with van der Waals surface area (Å²) in [5.74, 6) is 0. The standard InChI is InChI=1S/C11H14N2/c1-3-9-7-12-8-10-4-2-6-13(5-1)11(9)10/h7-8H,1-6H2. The Bertz CT molecular complexity index is 305. The monoisotopic (exact) mass is 174 g/mol. The molecule has 0 aromatic carbocycles. The summed E-state index contributed by atoms with van der Waals surface area (Å²) < 4.78 is 0. The van der Waals surface area contributed by atoms with Gasteiger partial charge >= 0.3 is 0 Å². The van der Waals surface area contributed by atoms with Crippen molar-refractivity contribution in [2.45, 2.75) is 25.7 Å². The molecule has 1 aromatic rings. The zero-order chi connectivity index (χ0) is 8.67. The summed E-state index contributed by atoms with van der Waals surface area (Å²) in [6.45, 7) is 2.51. The third kappa shape index (κ3) is 1.05. The van der Waals surface area contributed by atoms with Crippen LogP contribution in [0, 0.1) is 0 Å². The van der Waals surface area contributed by atoms with E-state index < -0.39 is 0 Å². The van der Waals surface area contributed by atoms with Gasteiger partial charge in [0, 0.05) is 31.2 Å². The number of aromatic nitrogens is 1. The first kappa shape index (κ1) is 7.36. The van der Waals surface area contributed by atoms with Gasteiger partial charge in [-0.05, 0) is 36.8 Å². The Morgan fingerprint density at radius 3 is 2.23 bits per heavy atom. The van der Waals surface area contributed by atoms with Crippen LogP contribution in [0.15, 0.2) is 12.4 Å². The number of rotatable bonds is 0. The van der Waals surface area contributed by atoms with Crippen LogP contribution in [0.1, 0.15) is 24.0 Å². The highest BCUT2D eigenvalue weighted by Crippen LogP contribution is 2.33. The van der Waals surface area contributed by atoms with Crippen molar-refractivity contribution in [3.63, 3.8) is 0 Å². The van der Waals surface area contributed by atoms with E-state index in [-0.39, 0.29) is 0 Å². The lowest BCUT2D eigenvalue weighted by Gasteiger charge is -2.36. The minimum Gasteiger partial charge on any atom is -0.371 e. The van der Waals surface area contributed by atoms with Gasteiger partial charge < -0.3 is 4.90 Å². The third-order valence-electron chi connectivity index (χ3n) is 3.13. The summed E-state index contributed by atoms with van der Waals surface area (Å²) in [7, 11) is 0. The van der Waals surface area contributed by atoms with Crippen molar-refractivity contribution < 1.29 is 0 Å². The minimum atomic E-state index is 1.23. The molecule has 3 heterocycles. The van der Waals surface area contributed by atoms with Gasteiger partial charge in [-0.15, -0.1) is 0 Å². The maximum absolute atomic E-state index is 4.31. The zero-order valence-corrected chi connectivity index (χ0v) is 7.79. The Hall–Kier alpha value is -1.05. The fourth-order valence-electron chi connectivity index (χ4n) is 2.57. The molecule has 2 heteroatoms. The maximum Gasteiger partial charge on any atom is 0.0462 e. The van der Waals surface area contributed by atoms with Gasteiger partial charge in [-0.25, -0.2) is 0 Å². The van der Waals surface area contributed by atoms with Gasteiger partial charge in [0.25, 0.3) is 0 Å². The zero-order valence-electron chi connectivity index (χ0n) is 7.79. The van der Waals surface area contributed by atoms with Gasteiger partial charge in [-0.3, -0.25) is 4.98 Å². The van der Waals surface area contributed by atoms with Crippen LogP contribution in [0.2, 0.25) is 0 Å². The number of pyridine rings is 1. The fraction of sp³-hybridized carbons (Fsp3) is 0.545. The van der Waals surface area contributed by atoms with E-state index in [0.717, 1.165) is 0 Å². The summed E-state index contributed by atoms with van der Waals surface area (Å²) in [5.41, 5.74) is 4.47. The lowest BCUT2D eigenvalue weighted by molar-refractivity contribution is 0.630. The predicted molar refractivity (Wildman–Crippen MR) is 53.1 cm³/mol. The van der Waals surface area contributed by atoms with Crippen LogP contribution in [0.3, 0.4) is 0 Å². The molecule has 0 spiro atoms. The first-order valence-electron chi connectivity index (χ1n) is 5.16. The number of aryl methyl sites for hydroxylation is 2. The van der Waals surface area contributed by atoms with Crippen LogP contribution in [0.4, 0.5) is 5.69 Å². The second-order valence-corrected chi connectivity index (χ2v) is 4.00. The Kier molecular flexibility index (Phi) is 1.54. The smallest absolute Gasteiger partial charge is 0.0462 e. The maximum atomic E-state index is 4.31. The molecule has 0 saturated heterocycles. The number of hydrogen-bond acceptors (Lipinski definition) is 2. The average Bonchev–Trinajstić information content (AvgIpc) is 2.19. The van der Waals surface area contributed by atoms with Crippen molar-refractivity contribution in [3.05, 3.63) is 23.5 Å². The Balaban J connectivity index is 2.18. The number of hydrogen-bond donors (Lipinski definition) is 0. The molecule has 0 radical (unpaired) electrons. The van der Waals surface area contributed by atoms with Crippen LogP contribution in [0.25, 0.3) is 0 Å². The van der Waals surface area contributed by atoms with Crippen molar-refractivity contribution in [1.29, 1.82) is 0 Å². The van der Waals surface area contributed by atoms with Crippen molar-refractivity contribution in [2.24, 2.45) is 0 Å². The van der Waals surface area contributed by atoms with E-state index >= 15 is 0 Å². The Morgan fingerprint density at radius 2 is 1.62 bits per heavy atom. The van der Waals surface area contributed by atoms with E-state index in [1.165, 1.54) is 55.6 Å². The van der Waals surface area contributed by atoms with Gasteiger partial charge in [-0.1, -0.05) is 0 Å². The highest BCUT2D eigenvalue weighted by Gasteiger charge is 2.23. The van der Waals surface area contributed by atoms with E-state index in [1.807, 2.05) is 0 Å². The molecule has 2 nitrogen and oxygen atoms in total. The predicted octanol–water partition coefficient (Wildman–Crippen LogP) is 1.78. The summed E-state index contributed by atoms with van der Waals surface area (Å²) in [6.07, 6.45) is 9.17. The molecule has 3 rings (SSSR count). The number of anilines is 1. The lowest BCUT2D eigenvalue weighted by Crippen LogP contribution is -2.34. The van der Waals surface area contributed by atoms with E-state index in [1.54, 1.807) is 0 Å². The van der Waals surface area contributed by atoms with Crippen molar-refractivity contribution in [3.8, 4) is 0 Å². The van der Waals surface area contributed by atoms with Crippen LogP contribution in [0.5, 0.6) is 0 Å². The second kappa shape index (κ2) is 2.72. The normalized spacial score (nSPS) is 19.8. The fourth-order valence-corrected chi connectivity index (χ4v) is 2.57. The van der Waals surface area contributed by atoms with E-state index in [4.69, 9.17) is 0 Å². The molecule has 0 N–H and O–H groups in total. The molecule has 68 valence electrons. The lowest BCUT2D eigenvalue weighted by atomic mass is 9.95. The SMILES string of the molecule is c1ncc2c3c1CCCN3CCC2. The van der Waals surface area contributed by atoms with Crippen molar-refractivity contribution >= 4 is 5.69 Å². The Labute approximate surface area is 78.6 Å². The molecule has 13 heavy (non-hydrogen) atoms. The highest BCUT2D eigenvalue weighted by atomic mass is 15.1. The third-order valence-corrected chi connectivity index (χ3v) is 3.13. The summed E-state index contributed by atoms with van der Waals surface area (Å²) in [4.78, 5) is 6.85. The van der Waals surface area contributed by atoms with Crippen LogP contribution >= 0.6 is 0 Å². The van der Waals surface area contributed by atoms with E-state index in [2.05, 4.69) is 22.3 Å². The van der Waals surface area contributed by atoms with Crippen LogP contribution in [-0.2, 0) is 12.8 Å². The van der Waals surface area contributed by atoms with E-state index in [0.29, 0.717) is 0 Å². The first-order chi connectivity index (χ1) is 6.45. The molecule has 2 aliphatic rings. The second-order valence-electron chi connectivity index (χ2n) is 4.00. The molecule has 0 unspecified atom stereocenters. The molecule has 0 bridgehead atoms. The molecule has 0 atom stereocenters. The average molecular weight is 174 g/mol. The Morgan fingerprint density at radius 1 is 1.00 bits per heavy atom. The van der Waals surface area contributed by atoms with Crippen molar-refractivity contribution in [2.75, 3.05) is 18.0 Å². The van der Waals surface area contributed by atoms with Crippen LogP contribution < -0.4 is 4.90 Å². The van der Waals surface area contributed by atoms with E-state index in [9.17, 15) is 0 Å².